The van der Waals surface area contributed by atoms with Gasteiger partial charge in [0.2, 0.25) is 0 Å². The number of carboxylic acid groups (broad SMARTS) is 1. The maximum absolute atomic E-state index is 12.2. The minimum Gasteiger partial charge on any atom is -0.479 e. The first-order valence-electron chi connectivity index (χ1n) is 6.66. The number of benzene rings is 1. The van der Waals surface area contributed by atoms with E-state index in [4.69, 9.17) is 9.84 Å². The molecular formula is C15H19NO4. The molecule has 5 nitrogen and oxygen atoms in total. The van der Waals surface area contributed by atoms with Crippen LogP contribution < -0.4 is 0 Å². The fourth-order valence-electron chi connectivity index (χ4n) is 2.41. The molecule has 1 amide bonds. The van der Waals surface area contributed by atoms with Crippen LogP contribution in [0.15, 0.2) is 24.3 Å². The summed E-state index contributed by atoms with van der Waals surface area (Å²) in [6.07, 6.45) is -0.625. The Labute approximate surface area is 118 Å². The summed E-state index contributed by atoms with van der Waals surface area (Å²) in [6.45, 7) is 2.50. The zero-order valence-electron chi connectivity index (χ0n) is 11.7. The van der Waals surface area contributed by atoms with Gasteiger partial charge in [0.15, 0.2) is 6.10 Å². The number of hydrogen-bond donors (Lipinski definition) is 1. The topological polar surface area (TPSA) is 66.8 Å². The molecule has 1 aromatic rings. The van der Waals surface area contributed by atoms with Gasteiger partial charge in [0.1, 0.15) is 6.10 Å². The fourth-order valence-corrected chi connectivity index (χ4v) is 2.41. The number of rotatable bonds is 4. The standard InChI is InChI=1S/C15H19NO4/c1-10-4-3-5-11(8-10)9-16(2)14(17)12-6-7-13(20-12)15(18)19/h3-5,8,12-13H,6-7,9H2,1-2H3,(H,18,19)/t12-,13+/m0/s1. The molecule has 0 unspecified atom stereocenters. The average molecular weight is 277 g/mol. The van der Waals surface area contributed by atoms with Crippen LogP contribution in [0.1, 0.15) is 24.0 Å². The zero-order valence-corrected chi connectivity index (χ0v) is 11.7. The number of amides is 1. The predicted molar refractivity (Wildman–Crippen MR) is 73.2 cm³/mol. The minimum atomic E-state index is -0.998. The lowest BCUT2D eigenvalue weighted by molar-refractivity contribution is -0.154. The molecule has 1 aliphatic heterocycles. The molecule has 1 heterocycles. The van der Waals surface area contributed by atoms with Crippen LogP contribution in [0, 0.1) is 6.92 Å². The van der Waals surface area contributed by atoms with Gasteiger partial charge in [-0.15, -0.1) is 0 Å². The molecule has 0 aliphatic carbocycles. The summed E-state index contributed by atoms with van der Waals surface area (Å²) >= 11 is 0. The van der Waals surface area contributed by atoms with E-state index in [1.165, 1.54) is 0 Å². The third-order valence-corrected chi connectivity index (χ3v) is 3.45. The molecule has 2 rings (SSSR count). The fraction of sp³-hybridized carbons (Fsp3) is 0.467. The lowest BCUT2D eigenvalue weighted by Gasteiger charge is -2.21. The highest BCUT2D eigenvalue weighted by molar-refractivity contribution is 5.82. The number of carbonyl (C=O) groups excluding carboxylic acids is 1. The molecule has 0 aromatic heterocycles. The van der Waals surface area contributed by atoms with Gasteiger partial charge in [-0.2, -0.15) is 0 Å². The van der Waals surface area contributed by atoms with Crippen LogP contribution in [0.25, 0.3) is 0 Å². The van der Waals surface area contributed by atoms with Crippen LogP contribution in [0.2, 0.25) is 0 Å². The van der Waals surface area contributed by atoms with Crippen LogP contribution in [0.5, 0.6) is 0 Å². The quantitative estimate of drug-likeness (QED) is 0.907. The Morgan fingerprint density at radius 1 is 1.35 bits per heavy atom. The number of ether oxygens (including phenoxy) is 1. The Hall–Kier alpha value is -1.88. The third kappa shape index (κ3) is 3.36. The molecule has 5 heteroatoms. The third-order valence-electron chi connectivity index (χ3n) is 3.45. The van der Waals surface area contributed by atoms with Gasteiger partial charge in [-0.25, -0.2) is 4.79 Å². The molecule has 0 spiro atoms. The SMILES string of the molecule is Cc1cccc(CN(C)C(=O)[C@@H]2CC[C@H](C(=O)O)O2)c1. The van der Waals surface area contributed by atoms with E-state index in [9.17, 15) is 9.59 Å². The van der Waals surface area contributed by atoms with E-state index in [1.54, 1.807) is 11.9 Å². The molecule has 20 heavy (non-hydrogen) atoms. The zero-order chi connectivity index (χ0) is 14.7. The van der Waals surface area contributed by atoms with E-state index in [-0.39, 0.29) is 5.91 Å². The lowest BCUT2D eigenvalue weighted by atomic mass is 10.1. The summed E-state index contributed by atoms with van der Waals surface area (Å²) in [5.41, 5.74) is 2.19. The molecule has 0 radical (unpaired) electrons. The number of aliphatic carboxylic acids is 1. The lowest BCUT2D eigenvalue weighted by Crippen LogP contribution is -2.36. The number of likely N-dealkylation sites (N-methyl/N-ethyl adjacent to an activating group) is 1. The molecule has 1 aliphatic rings. The van der Waals surface area contributed by atoms with Gasteiger partial charge in [-0.05, 0) is 25.3 Å². The first-order valence-corrected chi connectivity index (χ1v) is 6.66. The van der Waals surface area contributed by atoms with Crippen molar-refractivity contribution in [3.05, 3.63) is 35.4 Å². The second-order valence-corrected chi connectivity index (χ2v) is 5.21. The summed E-state index contributed by atoms with van der Waals surface area (Å²) in [4.78, 5) is 24.6. The summed E-state index contributed by atoms with van der Waals surface area (Å²) < 4.78 is 5.28. The second kappa shape index (κ2) is 6.05. The highest BCUT2D eigenvalue weighted by Gasteiger charge is 2.35. The van der Waals surface area contributed by atoms with Gasteiger partial charge < -0.3 is 14.7 Å². The highest BCUT2D eigenvalue weighted by atomic mass is 16.5. The van der Waals surface area contributed by atoms with Gasteiger partial charge in [-0.3, -0.25) is 4.79 Å². The van der Waals surface area contributed by atoms with Gasteiger partial charge in [0.25, 0.3) is 5.91 Å². The van der Waals surface area contributed by atoms with Gasteiger partial charge in [0.05, 0.1) is 0 Å². The van der Waals surface area contributed by atoms with Crippen molar-refractivity contribution in [2.45, 2.75) is 38.5 Å². The van der Waals surface area contributed by atoms with Crippen LogP contribution in [-0.4, -0.2) is 41.1 Å². The predicted octanol–water partition coefficient (Wildman–Crippen LogP) is 1.59. The van der Waals surface area contributed by atoms with E-state index in [1.807, 2.05) is 31.2 Å². The monoisotopic (exact) mass is 277 g/mol. The molecule has 1 N–H and O–H groups in total. The Morgan fingerprint density at radius 3 is 2.65 bits per heavy atom. The molecule has 0 saturated carbocycles. The van der Waals surface area contributed by atoms with E-state index >= 15 is 0 Å². The molecule has 0 bridgehead atoms. The Kier molecular flexibility index (Phi) is 4.39. The number of carbonyl (C=O) groups is 2. The molecule has 2 atom stereocenters. The maximum atomic E-state index is 12.2. The summed E-state index contributed by atoms with van der Waals surface area (Å²) in [7, 11) is 1.71. The van der Waals surface area contributed by atoms with Crippen LogP contribution in [-0.2, 0) is 20.9 Å². The first kappa shape index (κ1) is 14.5. The maximum Gasteiger partial charge on any atom is 0.332 e. The normalized spacial score (nSPS) is 21.7. The molecular weight excluding hydrogens is 258 g/mol. The highest BCUT2D eigenvalue weighted by Crippen LogP contribution is 2.22. The van der Waals surface area contributed by atoms with Gasteiger partial charge >= 0.3 is 5.97 Å². The van der Waals surface area contributed by atoms with E-state index in [2.05, 4.69) is 0 Å². The summed E-state index contributed by atoms with van der Waals surface area (Å²) in [5.74, 6) is -1.16. The van der Waals surface area contributed by atoms with Crippen molar-refractivity contribution in [1.82, 2.24) is 4.90 Å². The largest absolute Gasteiger partial charge is 0.479 e. The van der Waals surface area contributed by atoms with E-state index < -0.39 is 18.2 Å². The van der Waals surface area contributed by atoms with Crippen molar-refractivity contribution in [3.8, 4) is 0 Å². The van der Waals surface area contributed by atoms with Crippen molar-refractivity contribution in [1.29, 1.82) is 0 Å². The van der Waals surface area contributed by atoms with Gasteiger partial charge in [-0.1, -0.05) is 29.8 Å². The summed E-state index contributed by atoms with van der Waals surface area (Å²) in [5, 5.41) is 8.87. The van der Waals surface area contributed by atoms with Crippen LogP contribution in [0.3, 0.4) is 0 Å². The Balaban J connectivity index is 1.94. The smallest absolute Gasteiger partial charge is 0.332 e. The van der Waals surface area contributed by atoms with Gasteiger partial charge in [0, 0.05) is 13.6 Å². The van der Waals surface area contributed by atoms with Crippen molar-refractivity contribution < 1.29 is 19.4 Å². The van der Waals surface area contributed by atoms with Crippen LogP contribution in [0.4, 0.5) is 0 Å². The van der Waals surface area contributed by atoms with Crippen molar-refractivity contribution >= 4 is 11.9 Å². The number of hydrogen-bond acceptors (Lipinski definition) is 3. The van der Waals surface area contributed by atoms with Crippen molar-refractivity contribution in [2.24, 2.45) is 0 Å². The second-order valence-electron chi connectivity index (χ2n) is 5.21. The number of aryl methyl sites for hydroxylation is 1. The molecule has 1 saturated heterocycles. The number of nitrogens with zero attached hydrogens (tertiary/aromatic N) is 1. The Morgan fingerprint density at radius 2 is 2.05 bits per heavy atom. The minimum absolute atomic E-state index is 0.157. The van der Waals surface area contributed by atoms with E-state index in [0.29, 0.717) is 19.4 Å². The van der Waals surface area contributed by atoms with E-state index in [0.717, 1.165) is 11.1 Å². The summed E-state index contributed by atoms with van der Waals surface area (Å²) in [6, 6.07) is 7.95. The van der Waals surface area contributed by atoms with Crippen molar-refractivity contribution in [3.63, 3.8) is 0 Å². The molecule has 1 fully saturated rings. The Bertz CT molecular complexity index is 514. The van der Waals surface area contributed by atoms with Crippen LogP contribution >= 0.6 is 0 Å². The van der Waals surface area contributed by atoms with Crippen molar-refractivity contribution in [2.75, 3.05) is 7.05 Å². The number of carboxylic acids is 1. The average Bonchev–Trinajstić information content (AvgIpc) is 2.87. The molecule has 1 aromatic carbocycles. The first-order chi connectivity index (χ1) is 9.47. The molecule has 108 valence electrons.